The average Bonchev–Trinajstić information content (AvgIpc) is 2.81. The van der Waals surface area contributed by atoms with E-state index < -0.39 is 33.8 Å². The van der Waals surface area contributed by atoms with Crippen molar-refractivity contribution >= 4 is 21.6 Å². The number of ether oxygens (including phenoxy) is 1. The van der Waals surface area contributed by atoms with Crippen LogP contribution in [0.25, 0.3) is 0 Å². The Hall–Kier alpha value is -3.53. The van der Waals surface area contributed by atoms with Crippen molar-refractivity contribution in [3.05, 3.63) is 89.5 Å². The van der Waals surface area contributed by atoms with Crippen LogP contribution < -0.4 is 14.4 Å². The Labute approximate surface area is 195 Å². The van der Waals surface area contributed by atoms with Crippen LogP contribution in [0.15, 0.2) is 77.7 Å². The fourth-order valence-corrected chi connectivity index (χ4v) is 5.10. The van der Waals surface area contributed by atoms with Crippen molar-refractivity contribution in [2.75, 3.05) is 10.8 Å². The third-order valence-electron chi connectivity index (χ3n) is 5.33. The molecule has 3 aromatic rings. The summed E-state index contributed by atoms with van der Waals surface area (Å²) < 4.78 is 72.5. The van der Waals surface area contributed by atoms with Gasteiger partial charge in [-0.1, -0.05) is 36.4 Å². The third kappa shape index (κ3) is 4.86. The number of alkyl halides is 3. The average molecular weight is 491 g/mol. The number of benzene rings is 3. The molecule has 1 heterocycles. The van der Waals surface area contributed by atoms with Crippen LogP contribution in [0, 0.1) is 6.92 Å². The van der Waals surface area contributed by atoms with Crippen molar-refractivity contribution in [1.29, 1.82) is 0 Å². The van der Waals surface area contributed by atoms with E-state index in [1.54, 1.807) is 43.3 Å². The van der Waals surface area contributed by atoms with E-state index in [-0.39, 0.29) is 29.3 Å². The Balaban J connectivity index is 1.58. The predicted molar refractivity (Wildman–Crippen MR) is 120 cm³/mol. The van der Waals surface area contributed by atoms with Crippen molar-refractivity contribution in [1.82, 2.24) is 5.32 Å². The molecular weight excluding hydrogens is 469 g/mol. The lowest BCUT2D eigenvalue weighted by molar-refractivity contribution is -0.137. The van der Waals surface area contributed by atoms with Crippen LogP contribution >= 0.6 is 0 Å². The first kappa shape index (κ1) is 23.6. The molecule has 0 bridgehead atoms. The number of carbonyl (C=O) groups is 1. The second-order valence-corrected chi connectivity index (χ2v) is 9.71. The van der Waals surface area contributed by atoms with Crippen LogP contribution in [0.4, 0.5) is 18.9 Å². The highest BCUT2D eigenvalue weighted by atomic mass is 32.2. The van der Waals surface area contributed by atoms with Gasteiger partial charge in [0.05, 0.1) is 22.7 Å². The van der Waals surface area contributed by atoms with E-state index >= 15 is 0 Å². The van der Waals surface area contributed by atoms with Gasteiger partial charge in [-0.05, 0) is 54.4 Å². The monoisotopic (exact) mass is 490 g/mol. The molecule has 4 rings (SSSR count). The number of halogens is 3. The van der Waals surface area contributed by atoms with Gasteiger partial charge in [0.1, 0.15) is 5.75 Å². The summed E-state index contributed by atoms with van der Waals surface area (Å²) >= 11 is 0. The lowest BCUT2D eigenvalue weighted by Gasteiger charge is -2.35. The molecule has 34 heavy (non-hydrogen) atoms. The van der Waals surface area contributed by atoms with E-state index in [1.807, 2.05) is 0 Å². The molecule has 1 aliphatic rings. The molecule has 10 heteroatoms. The van der Waals surface area contributed by atoms with Gasteiger partial charge < -0.3 is 10.1 Å². The van der Waals surface area contributed by atoms with Crippen LogP contribution in [0.2, 0.25) is 0 Å². The zero-order chi connectivity index (χ0) is 24.5. The zero-order valence-corrected chi connectivity index (χ0v) is 18.9. The van der Waals surface area contributed by atoms with Crippen LogP contribution in [-0.2, 0) is 27.5 Å². The standard InChI is InChI=1S/C24H21F3N2O4S/c1-16-10-11-20-21(12-16)33-22(15-29(20)34(31,32)19-8-3-2-4-9-19)23(30)28-14-17-6-5-7-18(13-17)24(25,26)27/h2-13,22H,14-15H2,1H3,(H,28,30)/t22-/m0/s1. The molecule has 1 amide bonds. The summed E-state index contributed by atoms with van der Waals surface area (Å²) in [6.45, 7) is 1.34. The van der Waals surface area contributed by atoms with Gasteiger partial charge in [0.25, 0.3) is 15.9 Å². The van der Waals surface area contributed by atoms with E-state index in [0.717, 1.165) is 22.0 Å². The summed E-state index contributed by atoms with van der Waals surface area (Å²) in [5.41, 5.74) is 0.541. The maximum absolute atomic E-state index is 13.3. The summed E-state index contributed by atoms with van der Waals surface area (Å²) in [7, 11) is -4.00. The van der Waals surface area contributed by atoms with Gasteiger partial charge in [0.15, 0.2) is 6.10 Å². The van der Waals surface area contributed by atoms with Crippen LogP contribution in [-0.4, -0.2) is 27.0 Å². The topological polar surface area (TPSA) is 75.7 Å². The molecule has 3 aromatic carbocycles. The summed E-state index contributed by atoms with van der Waals surface area (Å²) in [6.07, 6.45) is -5.70. The second kappa shape index (κ2) is 9.02. The van der Waals surface area contributed by atoms with Gasteiger partial charge >= 0.3 is 6.18 Å². The number of fused-ring (bicyclic) bond motifs is 1. The van der Waals surface area contributed by atoms with Crippen molar-refractivity contribution < 1.29 is 31.1 Å². The lowest BCUT2D eigenvalue weighted by atomic mass is 10.1. The van der Waals surface area contributed by atoms with Crippen LogP contribution in [0.5, 0.6) is 5.75 Å². The number of nitrogens with zero attached hydrogens (tertiary/aromatic N) is 1. The molecule has 1 atom stereocenters. The number of amides is 1. The highest BCUT2D eigenvalue weighted by molar-refractivity contribution is 7.92. The molecule has 178 valence electrons. The highest BCUT2D eigenvalue weighted by Gasteiger charge is 2.37. The maximum atomic E-state index is 13.3. The molecular formula is C24H21F3N2O4S. The number of rotatable bonds is 5. The maximum Gasteiger partial charge on any atom is 0.416 e. The largest absolute Gasteiger partial charge is 0.476 e. The number of carbonyl (C=O) groups excluding carboxylic acids is 1. The minimum atomic E-state index is -4.50. The number of hydrogen-bond acceptors (Lipinski definition) is 4. The minimum absolute atomic E-state index is 0.0616. The molecule has 0 unspecified atom stereocenters. The number of anilines is 1. The Morgan fingerprint density at radius 2 is 1.79 bits per heavy atom. The third-order valence-corrected chi connectivity index (χ3v) is 7.12. The number of sulfonamides is 1. The Morgan fingerprint density at radius 1 is 1.06 bits per heavy atom. The van der Waals surface area contributed by atoms with Gasteiger partial charge in [-0.2, -0.15) is 13.2 Å². The molecule has 0 aliphatic carbocycles. The van der Waals surface area contributed by atoms with Crippen molar-refractivity contribution in [2.24, 2.45) is 0 Å². The Kier molecular flexibility index (Phi) is 6.26. The number of nitrogens with one attached hydrogen (secondary N) is 1. The van der Waals surface area contributed by atoms with E-state index in [0.29, 0.717) is 5.69 Å². The van der Waals surface area contributed by atoms with Gasteiger partial charge in [0.2, 0.25) is 0 Å². The molecule has 0 aromatic heterocycles. The first-order valence-electron chi connectivity index (χ1n) is 10.3. The summed E-state index contributed by atoms with van der Waals surface area (Å²) in [5.74, 6) is -0.414. The second-order valence-electron chi connectivity index (χ2n) is 7.84. The first-order valence-corrected chi connectivity index (χ1v) is 11.8. The van der Waals surface area contributed by atoms with Gasteiger partial charge in [-0.3, -0.25) is 9.10 Å². The molecule has 0 saturated carbocycles. The van der Waals surface area contributed by atoms with E-state index in [2.05, 4.69) is 5.32 Å². The van der Waals surface area contributed by atoms with E-state index in [4.69, 9.17) is 4.74 Å². The normalized spacial score (nSPS) is 15.9. The molecule has 6 nitrogen and oxygen atoms in total. The molecule has 0 fully saturated rings. The van der Waals surface area contributed by atoms with E-state index in [1.165, 1.54) is 24.3 Å². The molecule has 0 saturated heterocycles. The summed E-state index contributed by atoms with van der Waals surface area (Å²) in [4.78, 5) is 12.9. The SMILES string of the molecule is Cc1ccc2c(c1)O[C@H](C(=O)NCc1cccc(C(F)(F)F)c1)CN2S(=O)(=O)c1ccccc1. The van der Waals surface area contributed by atoms with E-state index in [9.17, 15) is 26.4 Å². The van der Waals surface area contributed by atoms with Gasteiger partial charge in [-0.15, -0.1) is 0 Å². The quantitative estimate of drug-likeness (QED) is 0.579. The van der Waals surface area contributed by atoms with Gasteiger partial charge in [0, 0.05) is 6.54 Å². The molecule has 1 N–H and O–H groups in total. The van der Waals surface area contributed by atoms with Crippen molar-refractivity contribution in [3.8, 4) is 5.75 Å². The van der Waals surface area contributed by atoms with Gasteiger partial charge in [-0.25, -0.2) is 8.42 Å². The van der Waals surface area contributed by atoms with Crippen molar-refractivity contribution in [2.45, 2.75) is 30.6 Å². The molecule has 0 spiro atoms. The Bertz CT molecular complexity index is 1310. The molecule has 0 radical (unpaired) electrons. The minimum Gasteiger partial charge on any atom is -0.476 e. The number of aryl methyl sites for hydroxylation is 1. The predicted octanol–water partition coefficient (Wildman–Crippen LogP) is 4.29. The fourth-order valence-electron chi connectivity index (χ4n) is 3.61. The summed E-state index contributed by atoms with van der Waals surface area (Å²) in [5, 5.41) is 2.55. The zero-order valence-electron chi connectivity index (χ0n) is 18.0. The number of hydrogen-bond donors (Lipinski definition) is 1. The Morgan fingerprint density at radius 3 is 2.50 bits per heavy atom. The lowest BCUT2D eigenvalue weighted by Crippen LogP contribution is -2.50. The van der Waals surface area contributed by atoms with Crippen LogP contribution in [0.1, 0.15) is 16.7 Å². The summed E-state index contributed by atoms with van der Waals surface area (Å²) in [6, 6.07) is 17.4. The molecule has 1 aliphatic heterocycles. The fraction of sp³-hybridized carbons (Fsp3) is 0.208. The van der Waals surface area contributed by atoms with Crippen molar-refractivity contribution in [3.63, 3.8) is 0 Å². The smallest absolute Gasteiger partial charge is 0.416 e. The highest BCUT2D eigenvalue weighted by Crippen LogP contribution is 2.37. The first-order chi connectivity index (χ1) is 16.1. The van der Waals surface area contributed by atoms with Crippen LogP contribution in [0.3, 0.4) is 0 Å².